The first kappa shape index (κ1) is 23.3. The summed E-state index contributed by atoms with van der Waals surface area (Å²) in [5.41, 5.74) is 15.1. The SMILES string of the molecule is Cc1ccc(C2(C)C(=O)Nc3nc(-c4cn5c(N)cnc5c(Cc5cccc(F)c5)n4)nc(N)c32)cc1O. The molecular formula is C27H23FN8O2. The minimum atomic E-state index is -1.21. The number of aryl methyl sites for hydroxylation is 1. The molecule has 0 saturated carbocycles. The third-order valence-electron chi connectivity index (χ3n) is 6.99. The van der Waals surface area contributed by atoms with E-state index < -0.39 is 5.41 Å². The topological polar surface area (TPSA) is 157 Å². The third-order valence-corrected chi connectivity index (χ3v) is 6.99. The Labute approximate surface area is 216 Å². The maximum Gasteiger partial charge on any atom is 0.240 e. The maximum absolute atomic E-state index is 13.8. The van der Waals surface area contributed by atoms with Crippen LogP contribution in [0, 0.1) is 12.7 Å². The Bertz CT molecular complexity index is 1780. The van der Waals surface area contributed by atoms with Crippen molar-refractivity contribution in [2.24, 2.45) is 0 Å². The van der Waals surface area contributed by atoms with Crippen molar-refractivity contribution in [3.63, 3.8) is 0 Å². The van der Waals surface area contributed by atoms with Crippen LogP contribution in [0.3, 0.4) is 0 Å². The molecule has 6 rings (SSSR count). The average molecular weight is 511 g/mol. The second-order valence-corrected chi connectivity index (χ2v) is 9.49. The number of phenols is 1. The van der Waals surface area contributed by atoms with E-state index in [1.165, 1.54) is 18.3 Å². The molecule has 1 amide bonds. The summed E-state index contributed by atoms with van der Waals surface area (Å²) in [5.74, 6) is 0.273. The molecule has 1 atom stereocenters. The predicted molar refractivity (Wildman–Crippen MR) is 140 cm³/mol. The monoisotopic (exact) mass is 510 g/mol. The molecule has 190 valence electrons. The van der Waals surface area contributed by atoms with E-state index in [9.17, 15) is 14.3 Å². The fraction of sp³-hybridized carbons (Fsp3) is 0.148. The first-order valence-electron chi connectivity index (χ1n) is 11.8. The number of fused-ring (bicyclic) bond motifs is 2. The van der Waals surface area contributed by atoms with Crippen molar-refractivity contribution in [2.75, 3.05) is 16.8 Å². The Kier molecular flexibility index (Phi) is 5.06. The number of nitrogens with two attached hydrogens (primary N) is 2. The van der Waals surface area contributed by atoms with Crippen molar-refractivity contribution in [1.82, 2.24) is 24.3 Å². The number of aromatic nitrogens is 5. The first-order valence-corrected chi connectivity index (χ1v) is 11.8. The highest BCUT2D eigenvalue weighted by molar-refractivity contribution is 6.09. The number of anilines is 3. The molecule has 3 aromatic heterocycles. The van der Waals surface area contributed by atoms with Gasteiger partial charge in [-0.3, -0.25) is 9.20 Å². The highest BCUT2D eigenvalue weighted by Gasteiger charge is 2.47. The van der Waals surface area contributed by atoms with Gasteiger partial charge in [-0.2, -0.15) is 0 Å². The van der Waals surface area contributed by atoms with Crippen molar-refractivity contribution in [3.8, 4) is 17.3 Å². The fourth-order valence-electron chi connectivity index (χ4n) is 4.85. The van der Waals surface area contributed by atoms with Crippen molar-refractivity contribution >= 4 is 29.0 Å². The quantitative estimate of drug-likeness (QED) is 0.287. The van der Waals surface area contributed by atoms with E-state index in [1.807, 2.05) is 0 Å². The van der Waals surface area contributed by atoms with E-state index in [2.05, 4.69) is 20.3 Å². The summed E-state index contributed by atoms with van der Waals surface area (Å²) in [4.78, 5) is 31.4. The summed E-state index contributed by atoms with van der Waals surface area (Å²) in [7, 11) is 0. The number of carbonyl (C=O) groups excluding carboxylic acids is 1. The molecule has 1 aliphatic rings. The normalized spacial score (nSPS) is 16.6. The molecule has 0 saturated heterocycles. The number of hydrogen-bond acceptors (Lipinski definition) is 8. The number of nitrogens with zero attached hydrogens (tertiary/aromatic N) is 5. The van der Waals surface area contributed by atoms with Gasteiger partial charge in [-0.15, -0.1) is 0 Å². The second kappa shape index (κ2) is 8.23. The van der Waals surface area contributed by atoms with E-state index in [0.717, 1.165) is 0 Å². The number of nitrogens with one attached hydrogen (secondary N) is 1. The molecule has 0 bridgehead atoms. The number of carbonyl (C=O) groups is 1. The lowest BCUT2D eigenvalue weighted by Gasteiger charge is -2.24. The zero-order chi connectivity index (χ0) is 26.8. The summed E-state index contributed by atoms with van der Waals surface area (Å²) in [6.07, 6.45) is 3.44. The van der Waals surface area contributed by atoms with Gasteiger partial charge in [0, 0.05) is 12.6 Å². The zero-order valence-electron chi connectivity index (χ0n) is 20.5. The summed E-state index contributed by atoms with van der Waals surface area (Å²) < 4.78 is 15.5. The number of phenolic OH excluding ortho intramolecular Hbond substituents is 1. The summed E-state index contributed by atoms with van der Waals surface area (Å²) in [6.45, 7) is 3.48. The fourth-order valence-corrected chi connectivity index (χ4v) is 4.85. The Morgan fingerprint density at radius 2 is 1.95 bits per heavy atom. The van der Waals surface area contributed by atoms with Crippen LogP contribution in [-0.4, -0.2) is 35.4 Å². The lowest BCUT2D eigenvalue weighted by molar-refractivity contribution is -0.119. The Hall–Kier alpha value is -5.06. The number of aromatic hydroxyl groups is 1. The maximum atomic E-state index is 13.8. The van der Waals surface area contributed by atoms with Crippen LogP contribution in [0.25, 0.3) is 17.2 Å². The lowest BCUT2D eigenvalue weighted by atomic mass is 9.77. The third kappa shape index (κ3) is 3.51. The molecule has 1 aliphatic heterocycles. The largest absolute Gasteiger partial charge is 0.508 e. The summed E-state index contributed by atoms with van der Waals surface area (Å²) in [6, 6.07) is 11.3. The van der Waals surface area contributed by atoms with Crippen molar-refractivity contribution in [3.05, 3.63) is 88.6 Å². The molecule has 38 heavy (non-hydrogen) atoms. The van der Waals surface area contributed by atoms with Crippen LogP contribution in [0.5, 0.6) is 5.75 Å². The molecule has 4 heterocycles. The van der Waals surface area contributed by atoms with E-state index in [-0.39, 0.29) is 41.4 Å². The Balaban J connectivity index is 1.48. The van der Waals surface area contributed by atoms with Gasteiger partial charge in [0.05, 0.1) is 17.5 Å². The highest BCUT2D eigenvalue weighted by atomic mass is 19.1. The molecule has 0 spiro atoms. The molecule has 10 nitrogen and oxygen atoms in total. The number of halogens is 1. The molecule has 0 aliphatic carbocycles. The summed E-state index contributed by atoms with van der Waals surface area (Å²) in [5, 5.41) is 13.1. The van der Waals surface area contributed by atoms with Crippen LogP contribution < -0.4 is 16.8 Å². The van der Waals surface area contributed by atoms with E-state index in [4.69, 9.17) is 16.5 Å². The van der Waals surface area contributed by atoms with E-state index in [1.54, 1.807) is 54.8 Å². The number of rotatable bonds is 4. The van der Waals surface area contributed by atoms with Crippen molar-refractivity contribution in [2.45, 2.75) is 25.7 Å². The Morgan fingerprint density at radius 1 is 1.13 bits per heavy atom. The van der Waals surface area contributed by atoms with Gasteiger partial charge >= 0.3 is 0 Å². The molecule has 0 radical (unpaired) electrons. The van der Waals surface area contributed by atoms with Crippen LogP contribution in [0.4, 0.5) is 21.8 Å². The van der Waals surface area contributed by atoms with Gasteiger partial charge in [0.15, 0.2) is 11.5 Å². The van der Waals surface area contributed by atoms with Crippen LogP contribution in [0.15, 0.2) is 54.9 Å². The van der Waals surface area contributed by atoms with Crippen LogP contribution >= 0.6 is 0 Å². The number of imidazole rings is 1. The van der Waals surface area contributed by atoms with Gasteiger partial charge in [0.1, 0.15) is 40.1 Å². The van der Waals surface area contributed by atoms with Gasteiger partial charge in [0.25, 0.3) is 0 Å². The number of nitrogen functional groups attached to an aromatic ring is 2. The minimum Gasteiger partial charge on any atom is -0.508 e. The van der Waals surface area contributed by atoms with Gasteiger partial charge in [-0.05, 0) is 48.7 Å². The molecule has 0 fully saturated rings. The van der Waals surface area contributed by atoms with Crippen molar-refractivity contribution < 1.29 is 14.3 Å². The molecule has 5 aromatic rings. The molecular weight excluding hydrogens is 487 g/mol. The van der Waals surface area contributed by atoms with Crippen molar-refractivity contribution in [1.29, 1.82) is 0 Å². The number of hydrogen-bond donors (Lipinski definition) is 4. The van der Waals surface area contributed by atoms with Gasteiger partial charge in [-0.1, -0.05) is 24.3 Å². The first-order chi connectivity index (χ1) is 18.1. The second-order valence-electron chi connectivity index (χ2n) is 9.49. The Morgan fingerprint density at radius 3 is 2.71 bits per heavy atom. The smallest absolute Gasteiger partial charge is 0.240 e. The summed E-state index contributed by atoms with van der Waals surface area (Å²) >= 11 is 0. The average Bonchev–Trinajstić information content (AvgIpc) is 3.38. The highest BCUT2D eigenvalue weighted by Crippen LogP contribution is 2.45. The van der Waals surface area contributed by atoms with Crippen LogP contribution in [0.2, 0.25) is 0 Å². The van der Waals surface area contributed by atoms with Crippen LogP contribution in [0.1, 0.15) is 34.9 Å². The lowest BCUT2D eigenvalue weighted by Crippen LogP contribution is -2.33. The zero-order valence-corrected chi connectivity index (χ0v) is 20.5. The number of amides is 1. The van der Waals surface area contributed by atoms with E-state index >= 15 is 0 Å². The molecule has 2 aromatic carbocycles. The predicted octanol–water partition coefficient (Wildman–Crippen LogP) is 3.35. The van der Waals surface area contributed by atoms with Gasteiger partial charge < -0.3 is 21.9 Å². The number of benzene rings is 2. The van der Waals surface area contributed by atoms with Gasteiger partial charge in [0.2, 0.25) is 5.91 Å². The minimum absolute atomic E-state index is 0.0716. The molecule has 11 heteroatoms. The van der Waals surface area contributed by atoms with Gasteiger partial charge in [-0.25, -0.2) is 24.3 Å². The standard InChI is InChI=1S/C27H23FN8O2/c1-13-6-7-15(10-19(13)37)27(2)21-22(30)33-23(34-24(21)35-26(27)38)18-12-36-20(29)11-31-25(36)17(32-18)9-14-4-3-5-16(28)8-14/h3-8,10-12,37H,9,29H2,1-2H3,(H3,30,33,34,35,38). The molecule has 6 N–H and O–H groups in total. The molecule has 1 unspecified atom stereocenters. The van der Waals surface area contributed by atoms with E-state index in [0.29, 0.717) is 45.1 Å². The van der Waals surface area contributed by atoms with Crippen LogP contribution in [-0.2, 0) is 16.6 Å².